The fourth-order valence-corrected chi connectivity index (χ4v) is 3.96. The van der Waals surface area contributed by atoms with Crippen molar-refractivity contribution in [2.24, 2.45) is 11.8 Å². The number of nitrogens with one attached hydrogen (secondary N) is 1. The first-order chi connectivity index (χ1) is 7.09. The van der Waals surface area contributed by atoms with Crippen LogP contribution in [0.5, 0.6) is 0 Å². The van der Waals surface area contributed by atoms with Crippen LogP contribution in [0.1, 0.15) is 46.5 Å². The zero-order chi connectivity index (χ0) is 10.9. The van der Waals surface area contributed by atoms with Crippen LogP contribution in [0.25, 0.3) is 0 Å². The van der Waals surface area contributed by atoms with Gasteiger partial charge in [0.25, 0.3) is 0 Å². The lowest BCUT2D eigenvalue weighted by Gasteiger charge is -2.40. The van der Waals surface area contributed by atoms with Gasteiger partial charge in [0.1, 0.15) is 0 Å². The molecular weight excluding hydrogens is 202 g/mol. The molecular formula is C13H25NS. The van der Waals surface area contributed by atoms with Gasteiger partial charge in [0, 0.05) is 17.3 Å². The summed E-state index contributed by atoms with van der Waals surface area (Å²) in [7, 11) is 0. The van der Waals surface area contributed by atoms with Gasteiger partial charge in [-0.3, -0.25) is 0 Å². The van der Waals surface area contributed by atoms with E-state index in [9.17, 15) is 0 Å². The molecule has 1 aliphatic carbocycles. The Balaban J connectivity index is 1.64. The molecule has 1 N–H and O–H groups in total. The summed E-state index contributed by atoms with van der Waals surface area (Å²) in [5.74, 6) is 3.25. The minimum Gasteiger partial charge on any atom is -0.313 e. The maximum absolute atomic E-state index is 3.77. The van der Waals surface area contributed by atoms with E-state index in [1.165, 1.54) is 38.0 Å². The largest absolute Gasteiger partial charge is 0.313 e. The Morgan fingerprint density at radius 2 is 2.13 bits per heavy atom. The Bertz CT molecular complexity index is 203. The van der Waals surface area contributed by atoms with Crippen LogP contribution in [0, 0.1) is 11.8 Å². The topological polar surface area (TPSA) is 12.0 Å². The van der Waals surface area contributed by atoms with Gasteiger partial charge >= 0.3 is 0 Å². The van der Waals surface area contributed by atoms with Gasteiger partial charge in [-0.1, -0.05) is 13.8 Å². The molecule has 1 nitrogen and oxygen atoms in total. The minimum atomic E-state index is 0.545. The van der Waals surface area contributed by atoms with Crippen molar-refractivity contribution < 1.29 is 0 Å². The van der Waals surface area contributed by atoms with Crippen LogP contribution in [0.15, 0.2) is 0 Å². The molecule has 2 fully saturated rings. The second-order valence-corrected chi connectivity index (χ2v) is 7.64. The summed E-state index contributed by atoms with van der Waals surface area (Å²) in [6, 6.07) is 0.829. The number of hydrogen-bond acceptors (Lipinski definition) is 2. The maximum Gasteiger partial charge on any atom is 0.0256 e. The van der Waals surface area contributed by atoms with Gasteiger partial charge in [-0.05, 0) is 50.2 Å². The van der Waals surface area contributed by atoms with Crippen molar-refractivity contribution >= 4 is 11.8 Å². The summed E-state index contributed by atoms with van der Waals surface area (Å²) in [6.07, 6.45) is 5.66. The lowest BCUT2D eigenvalue weighted by atomic mass is 9.73. The molecule has 2 aliphatic rings. The van der Waals surface area contributed by atoms with Crippen LogP contribution in [-0.4, -0.2) is 23.1 Å². The van der Waals surface area contributed by atoms with E-state index in [0.29, 0.717) is 4.75 Å². The van der Waals surface area contributed by atoms with Gasteiger partial charge in [0.2, 0.25) is 0 Å². The second-order valence-electron chi connectivity index (χ2n) is 5.96. The smallest absolute Gasteiger partial charge is 0.0256 e. The second kappa shape index (κ2) is 4.67. The molecule has 88 valence electrons. The first-order valence-electron chi connectivity index (χ1n) is 6.46. The molecule has 0 spiro atoms. The molecule has 1 unspecified atom stereocenters. The highest BCUT2D eigenvalue weighted by Crippen LogP contribution is 2.38. The third kappa shape index (κ3) is 2.91. The normalized spacial score (nSPS) is 40.8. The van der Waals surface area contributed by atoms with Crippen molar-refractivity contribution in [3.63, 3.8) is 0 Å². The molecule has 0 aromatic heterocycles. The predicted molar refractivity (Wildman–Crippen MR) is 69.4 cm³/mol. The molecule has 0 bridgehead atoms. The van der Waals surface area contributed by atoms with E-state index < -0.39 is 0 Å². The van der Waals surface area contributed by atoms with E-state index in [1.54, 1.807) is 0 Å². The molecule has 0 radical (unpaired) electrons. The lowest BCUT2D eigenvalue weighted by molar-refractivity contribution is 0.166. The maximum atomic E-state index is 3.77. The highest BCUT2D eigenvalue weighted by molar-refractivity contribution is 8.00. The van der Waals surface area contributed by atoms with Crippen molar-refractivity contribution in [2.45, 2.75) is 57.2 Å². The summed E-state index contributed by atoms with van der Waals surface area (Å²) in [6.45, 7) is 8.37. The van der Waals surface area contributed by atoms with E-state index in [-0.39, 0.29) is 0 Å². The third-order valence-electron chi connectivity index (χ3n) is 4.18. The quantitative estimate of drug-likeness (QED) is 0.791. The molecule has 0 aromatic rings. The van der Waals surface area contributed by atoms with E-state index in [1.807, 2.05) is 0 Å². The van der Waals surface area contributed by atoms with Crippen LogP contribution in [0.2, 0.25) is 0 Å². The average molecular weight is 227 g/mol. The van der Waals surface area contributed by atoms with Gasteiger partial charge in [-0.2, -0.15) is 11.8 Å². The molecule has 2 rings (SSSR count). The minimum absolute atomic E-state index is 0.545. The fourth-order valence-electron chi connectivity index (χ4n) is 2.71. The van der Waals surface area contributed by atoms with Crippen LogP contribution < -0.4 is 5.32 Å². The highest BCUT2D eigenvalue weighted by atomic mass is 32.2. The van der Waals surface area contributed by atoms with Crippen molar-refractivity contribution in [1.29, 1.82) is 0 Å². The zero-order valence-corrected chi connectivity index (χ0v) is 11.2. The number of rotatable bonds is 4. The molecule has 0 amide bonds. The van der Waals surface area contributed by atoms with E-state index in [2.05, 4.69) is 37.8 Å². The number of thioether (sulfide) groups is 1. The summed E-state index contributed by atoms with van der Waals surface area (Å²) in [4.78, 5) is 0. The third-order valence-corrected chi connectivity index (χ3v) is 5.72. The molecule has 1 saturated heterocycles. The first kappa shape index (κ1) is 11.8. The molecule has 1 heterocycles. The Kier molecular flexibility index (Phi) is 3.67. The Labute approximate surface area is 98.8 Å². The highest BCUT2D eigenvalue weighted by Gasteiger charge is 2.34. The van der Waals surface area contributed by atoms with Gasteiger partial charge in [0.05, 0.1) is 0 Å². The van der Waals surface area contributed by atoms with Gasteiger partial charge in [-0.15, -0.1) is 0 Å². The predicted octanol–water partition coefficient (Wildman–Crippen LogP) is 3.30. The van der Waals surface area contributed by atoms with Crippen LogP contribution >= 0.6 is 11.8 Å². The molecule has 1 aliphatic heterocycles. The average Bonchev–Trinajstić information content (AvgIpc) is 2.49. The Morgan fingerprint density at radius 1 is 1.40 bits per heavy atom. The molecule has 1 atom stereocenters. The Hall–Kier alpha value is 0.310. The number of hydrogen-bond donors (Lipinski definition) is 1. The summed E-state index contributed by atoms with van der Waals surface area (Å²) < 4.78 is 0.545. The van der Waals surface area contributed by atoms with E-state index >= 15 is 0 Å². The Morgan fingerprint density at radius 3 is 2.67 bits per heavy atom. The zero-order valence-electron chi connectivity index (χ0n) is 10.4. The standard InChI is InChI=1S/C13H25NS/c1-10(2)11-7-12(8-11)14-9-13(3)5-4-6-15-13/h10-12,14H,4-9H2,1-3H3. The lowest BCUT2D eigenvalue weighted by Crippen LogP contribution is -2.47. The SMILES string of the molecule is CC(C)C1CC(NCC2(C)CCCS2)C1. The van der Waals surface area contributed by atoms with Gasteiger partial charge in [0.15, 0.2) is 0 Å². The summed E-state index contributed by atoms with van der Waals surface area (Å²) >= 11 is 2.17. The summed E-state index contributed by atoms with van der Waals surface area (Å²) in [5.41, 5.74) is 0. The molecule has 15 heavy (non-hydrogen) atoms. The monoisotopic (exact) mass is 227 g/mol. The van der Waals surface area contributed by atoms with Gasteiger partial charge in [-0.25, -0.2) is 0 Å². The van der Waals surface area contributed by atoms with Crippen LogP contribution in [0.3, 0.4) is 0 Å². The van der Waals surface area contributed by atoms with E-state index in [4.69, 9.17) is 0 Å². The summed E-state index contributed by atoms with van der Waals surface area (Å²) in [5, 5.41) is 3.77. The fraction of sp³-hybridized carbons (Fsp3) is 1.00. The van der Waals surface area contributed by atoms with Crippen LogP contribution in [-0.2, 0) is 0 Å². The van der Waals surface area contributed by atoms with Gasteiger partial charge < -0.3 is 5.32 Å². The van der Waals surface area contributed by atoms with Crippen molar-refractivity contribution in [2.75, 3.05) is 12.3 Å². The van der Waals surface area contributed by atoms with Crippen LogP contribution in [0.4, 0.5) is 0 Å². The molecule has 1 saturated carbocycles. The van der Waals surface area contributed by atoms with E-state index in [0.717, 1.165) is 17.9 Å². The van der Waals surface area contributed by atoms with Crippen molar-refractivity contribution in [1.82, 2.24) is 5.32 Å². The first-order valence-corrected chi connectivity index (χ1v) is 7.45. The van der Waals surface area contributed by atoms with Crippen molar-refractivity contribution in [3.05, 3.63) is 0 Å². The van der Waals surface area contributed by atoms with Crippen molar-refractivity contribution in [3.8, 4) is 0 Å². The molecule has 0 aromatic carbocycles. The molecule has 2 heteroatoms.